The van der Waals surface area contributed by atoms with E-state index in [2.05, 4.69) is 13.8 Å². The van der Waals surface area contributed by atoms with Gasteiger partial charge in [-0.1, -0.05) is 71.4 Å². The molecule has 2 aromatic carbocycles. The maximum absolute atomic E-state index is 13.5. The van der Waals surface area contributed by atoms with Crippen LogP contribution in [0, 0.1) is 20.8 Å². The second-order valence-electron chi connectivity index (χ2n) is 8.76. The van der Waals surface area contributed by atoms with Crippen LogP contribution < -0.4 is 4.18 Å². The minimum absolute atomic E-state index is 0.0739. The lowest BCUT2D eigenvalue weighted by Crippen LogP contribution is -2.18. The average Bonchev–Trinajstić information content (AvgIpc) is 2.56. The second kappa shape index (κ2) is 8.28. The standard InChI is InChI=1S/C24H34O3S/c1-14(2)20-12-21(15(3)4)24(22(13-20)16(5)6)28(25,26)27-23-18(8)10-17(7)11-19(23)9/h10-16H,1-9H3. The van der Waals surface area contributed by atoms with E-state index in [0.29, 0.717) is 16.6 Å². The first kappa shape index (κ1) is 22.5. The Kier molecular flexibility index (Phi) is 6.65. The second-order valence-corrected chi connectivity index (χ2v) is 10.2. The van der Waals surface area contributed by atoms with Crippen molar-refractivity contribution < 1.29 is 12.6 Å². The fraction of sp³-hybridized carbons (Fsp3) is 0.500. The van der Waals surface area contributed by atoms with Crippen molar-refractivity contribution in [2.45, 2.75) is 85.0 Å². The van der Waals surface area contributed by atoms with E-state index in [9.17, 15) is 8.42 Å². The Morgan fingerprint density at radius 3 is 1.50 bits per heavy atom. The molecule has 0 N–H and O–H groups in total. The molecule has 0 aliphatic carbocycles. The Bertz CT molecular complexity index is 915. The van der Waals surface area contributed by atoms with Gasteiger partial charge in [0.25, 0.3) is 0 Å². The van der Waals surface area contributed by atoms with E-state index in [0.717, 1.165) is 33.4 Å². The van der Waals surface area contributed by atoms with Crippen LogP contribution in [-0.4, -0.2) is 8.42 Å². The van der Waals surface area contributed by atoms with Crippen LogP contribution in [0.15, 0.2) is 29.2 Å². The summed E-state index contributed by atoms with van der Waals surface area (Å²) in [6.45, 7) is 18.2. The summed E-state index contributed by atoms with van der Waals surface area (Å²) in [6, 6.07) is 7.97. The summed E-state index contributed by atoms with van der Waals surface area (Å²) < 4.78 is 32.8. The number of benzene rings is 2. The Morgan fingerprint density at radius 1 is 0.714 bits per heavy atom. The van der Waals surface area contributed by atoms with Crippen molar-refractivity contribution in [3.63, 3.8) is 0 Å². The smallest absolute Gasteiger partial charge is 0.339 e. The van der Waals surface area contributed by atoms with Crippen molar-refractivity contribution in [3.05, 3.63) is 57.6 Å². The molecule has 0 aliphatic rings. The molecular formula is C24H34O3S. The minimum atomic E-state index is -3.96. The van der Waals surface area contributed by atoms with Crippen LogP contribution in [0.3, 0.4) is 0 Å². The third-order valence-corrected chi connectivity index (χ3v) is 6.48. The largest absolute Gasteiger partial charge is 0.378 e. The van der Waals surface area contributed by atoms with E-state index >= 15 is 0 Å². The molecule has 0 radical (unpaired) electrons. The first-order chi connectivity index (χ1) is 12.8. The van der Waals surface area contributed by atoms with E-state index in [1.807, 2.05) is 72.7 Å². The Balaban J connectivity index is 2.74. The molecule has 0 aromatic heterocycles. The molecule has 0 saturated carbocycles. The van der Waals surface area contributed by atoms with E-state index < -0.39 is 10.1 Å². The molecule has 0 spiro atoms. The predicted molar refractivity (Wildman–Crippen MR) is 117 cm³/mol. The molecule has 4 heteroatoms. The van der Waals surface area contributed by atoms with Gasteiger partial charge in [-0.3, -0.25) is 0 Å². The minimum Gasteiger partial charge on any atom is -0.378 e. The van der Waals surface area contributed by atoms with Crippen LogP contribution in [0.2, 0.25) is 0 Å². The quantitative estimate of drug-likeness (QED) is 0.502. The fourth-order valence-corrected chi connectivity index (χ4v) is 5.36. The van der Waals surface area contributed by atoms with Crippen LogP contribution >= 0.6 is 0 Å². The highest BCUT2D eigenvalue weighted by Crippen LogP contribution is 2.37. The van der Waals surface area contributed by atoms with Gasteiger partial charge in [0, 0.05) is 0 Å². The molecule has 0 fully saturated rings. The SMILES string of the molecule is Cc1cc(C)c(OS(=O)(=O)c2c(C(C)C)cc(C(C)C)cc2C(C)C)c(C)c1. The van der Waals surface area contributed by atoms with Crippen LogP contribution in [0.25, 0.3) is 0 Å². The predicted octanol–water partition coefficient (Wildman–Crippen LogP) is 6.75. The maximum Gasteiger partial charge on any atom is 0.339 e. The monoisotopic (exact) mass is 402 g/mol. The van der Waals surface area contributed by atoms with Gasteiger partial charge < -0.3 is 4.18 Å². The van der Waals surface area contributed by atoms with Crippen molar-refractivity contribution in [1.82, 2.24) is 0 Å². The highest BCUT2D eigenvalue weighted by Gasteiger charge is 2.29. The lowest BCUT2D eigenvalue weighted by atomic mass is 9.89. The summed E-state index contributed by atoms with van der Waals surface area (Å²) in [5.74, 6) is 0.909. The van der Waals surface area contributed by atoms with Crippen molar-refractivity contribution >= 4 is 10.1 Å². The van der Waals surface area contributed by atoms with Gasteiger partial charge in [-0.05, 0) is 66.3 Å². The molecule has 2 aromatic rings. The van der Waals surface area contributed by atoms with Crippen molar-refractivity contribution in [2.75, 3.05) is 0 Å². The number of rotatable bonds is 6. The molecule has 0 atom stereocenters. The molecule has 0 bridgehead atoms. The van der Waals surface area contributed by atoms with Gasteiger partial charge >= 0.3 is 10.1 Å². The van der Waals surface area contributed by atoms with Gasteiger partial charge in [0.05, 0.1) is 0 Å². The van der Waals surface area contributed by atoms with Gasteiger partial charge in [-0.15, -0.1) is 0 Å². The summed E-state index contributed by atoms with van der Waals surface area (Å²) in [4.78, 5) is 0.335. The summed E-state index contributed by atoms with van der Waals surface area (Å²) in [7, 11) is -3.96. The van der Waals surface area contributed by atoms with Crippen LogP contribution in [-0.2, 0) is 10.1 Å². The number of hydrogen-bond donors (Lipinski definition) is 0. The van der Waals surface area contributed by atoms with Crippen molar-refractivity contribution in [1.29, 1.82) is 0 Å². The van der Waals surface area contributed by atoms with Crippen molar-refractivity contribution in [2.24, 2.45) is 0 Å². The van der Waals surface area contributed by atoms with Gasteiger partial charge in [-0.25, -0.2) is 0 Å². The summed E-state index contributed by atoms with van der Waals surface area (Å²) in [5.41, 5.74) is 5.57. The van der Waals surface area contributed by atoms with Crippen LogP contribution in [0.4, 0.5) is 0 Å². The topological polar surface area (TPSA) is 43.4 Å². The Hall–Kier alpha value is -1.81. The first-order valence-electron chi connectivity index (χ1n) is 10.0. The number of hydrogen-bond acceptors (Lipinski definition) is 3. The number of aryl methyl sites for hydroxylation is 3. The molecule has 0 heterocycles. The first-order valence-corrected chi connectivity index (χ1v) is 11.5. The summed E-state index contributed by atoms with van der Waals surface area (Å²) >= 11 is 0. The normalized spacial score (nSPS) is 12.3. The fourth-order valence-electron chi connectivity index (χ4n) is 3.63. The molecule has 0 saturated heterocycles. The highest BCUT2D eigenvalue weighted by molar-refractivity contribution is 7.87. The summed E-state index contributed by atoms with van der Waals surface area (Å²) in [6.07, 6.45) is 0. The van der Waals surface area contributed by atoms with E-state index in [-0.39, 0.29) is 11.8 Å². The van der Waals surface area contributed by atoms with Gasteiger partial charge in [0.1, 0.15) is 10.6 Å². The van der Waals surface area contributed by atoms with Crippen molar-refractivity contribution in [3.8, 4) is 5.75 Å². The molecular weight excluding hydrogens is 368 g/mol. The van der Waals surface area contributed by atoms with Gasteiger partial charge in [0.15, 0.2) is 0 Å². The third kappa shape index (κ3) is 4.60. The van der Waals surface area contributed by atoms with Crippen LogP contribution in [0.5, 0.6) is 5.75 Å². The Labute approximate surface area is 171 Å². The van der Waals surface area contributed by atoms with Crippen LogP contribution in [0.1, 0.15) is 92.7 Å². The molecule has 0 unspecified atom stereocenters. The zero-order chi connectivity index (χ0) is 21.4. The maximum atomic E-state index is 13.5. The average molecular weight is 403 g/mol. The molecule has 28 heavy (non-hydrogen) atoms. The highest BCUT2D eigenvalue weighted by atomic mass is 32.2. The molecule has 2 rings (SSSR count). The van der Waals surface area contributed by atoms with Gasteiger partial charge in [-0.2, -0.15) is 8.42 Å². The molecule has 0 aliphatic heterocycles. The van der Waals surface area contributed by atoms with E-state index in [4.69, 9.17) is 4.18 Å². The zero-order valence-electron chi connectivity index (χ0n) is 18.7. The Morgan fingerprint density at radius 2 is 1.14 bits per heavy atom. The molecule has 154 valence electrons. The molecule has 0 amide bonds. The zero-order valence-corrected chi connectivity index (χ0v) is 19.5. The van der Waals surface area contributed by atoms with Gasteiger partial charge in [0.2, 0.25) is 0 Å². The van der Waals surface area contributed by atoms with E-state index in [1.165, 1.54) is 0 Å². The lowest BCUT2D eigenvalue weighted by molar-refractivity contribution is 0.478. The lowest BCUT2D eigenvalue weighted by Gasteiger charge is -2.23. The third-order valence-electron chi connectivity index (χ3n) is 5.13. The molecule has 3 nitrogen and oxygen atoms in total. The van der Waals surface area contributed by atoms with E-state index in [1.54, 1.807) is 0 Å². The summed E-state index contributed by atoms with van der Waals surface area (Å²) in [5, 5.41) is 0.